The molecule has 0 radical (unpaired) electrons. The summed E-state index contributed by atoms with van der Waals surface area (Å²) < 4.78 is 0.804. The molecule has 1 aliphatic heterocycles. The van der Waals surface area contributed by atoms with Gasteiger partial charge in [-0.1, -0.05) is 95.8 Å². The summed E-state index contributed by atoms with van der Waals surface area (Å²) in [6.45, 7) is 2.27. The standard InChI is InChI=1S/C14H28N2S4/c1-2-3-4-5-6-7-8-9-10-11-12-19-20(18)13-15-16-14(20)17/h13,18H,2-12H2,1H3,(H,16,17). The number of nitrogens with one attached hydrogen (secondary N) is 1. The summed E-state index contributed by atoms with van der Waals surface area (Å²) >= 11 is 9.90. The molecule has 1 unspecified atom stereocenters. The average Bonchev–Trinajstić information content (AvgIpc) is 2.76. The molecule has 0 amide bonds. The monoisotopic (exact) mass is 352 g/mol. The summed E-state index contributed by atoms with van der Waals surface area (Å²) in [4.78, 5) is 0. The van der Waals surface area contributed by atoms with Gasteiger partial charge < -0.3 is 0 Å². The van der Waals surface area contributed by atoms with Crippen LogP contribution in [0.2, 0.25) is 0 Å². The lowest BCUT2D eigenvalue weighted by atomic mass is 10.1. The molecule has 0 aromatic rings. The van der Waals surface area contributed by atoms with Crippen molar-refractivity contribution < 1.29 is 0 Å². The highest BCUT2D eigenvalue weighted by molar-refractivity contribution is 9.31. The highest BCUT2D eigenvalue weighted by Crippen LogP contribution is 2.64. The molecule has 0 aromatic heterocycles. The fourth-order valence-electron chi connectivity index (χ4n) is 2.12. The van der Waals surface area contributed by atoms with Crippen LogP contribution in [0.15, 0.2) is 5.10 Å². The van der Waals surface area contributed by atoms with Gasteiger partial charge in [-0.05, 0) is 6.42 Å². The summed E-state index contributed by atoms with van der Waals surface area (Å²) in [5.41, 5.74) is 4.73. The fraction of sp³-hybridized carbons (Fsp3) is 0.857. The van der Waals surface area contributed by atoms with Crippen LogP contribution in [0.3, 0.4) is 0 Å². The van der Waals surface area contributed by atoms with E-state index in [1.54, 1.807) is 0 Å². The van der Waals surface area contributed by atoms with E-state index in [9.17, 15) is 0 Å². The van der Waals surface area contributed by atoms with E-state index < -0.39 is 8.09 Å². The van der Waals surface area contributed by atoms with Crippen molar-refractivity contribution in [2.45, 2.75) is 71.1 Å². The lowest BCUT2D eigenvalue weighted by Gasteiger charge is -2.23. The molecule has 118 valence electrons. The van der Waals surface area contributed by atoms with E-state index in [2.05, 4.69) is 29.1 Å². The zero-order chi connectivity index (χ0) is 14.7. The lowest BCUT2D eigenvalue weighted by molar-refractivity contribution is 0.563. The van der Waals surface area contributed by atoms with Gasteiger partial charge in [0.25, 0.3) is 0 Å². The molecule has 1 atom stereocenters. The van der Waals surface area contributed by atoms with Gasteiger partial charge in [0.05, 0.1) is 5.55 Å². The summed E-state index contributed by atoms with van der Waals surface area (Å²) in [6.07, 6.45) is 13.8. The van der Waals surface area contributed by atoms with Crippen LogP contribution in [-0.4, -0.2) is 15.6 Å². The average molecular weight is 353 g/mol. The third kappa shape index (κ3) is 7.57. The van der Waals surface area contributed by atoms with Gasteiger partial charge in [-0.3, -0.25) is 5.43 Å². The quantitative estimate of drug-likeness (QED) is 0.194. The molecule has 0 saturated carbocycles. The number of nitrogens with zero attached hydrogens (tertiary/aromatic N) is 1. The first-order valence-corrected chi connectivity index (χ1v) is 12.4. The minimum absolute atomic E-state index is 0.804. The number of hydrogen-bond donors (Lipinski definition) is 2. The molecule has 0 fully saturated rings. The van der Waals surface area contributed by atoms with Crippen LogP contribution in [-0.2, 0) is 0 Å². The predicted molar refractivity (Wildman–Crippen MR) is 105 cm³/mol. The Morgan fingerprint density at radius 3 is 2.15 bits per heavy atom. The highest BCUT2D eigenvalue weighted by Gasteiger charge is 2.27. The van der Waals surface area contributed by atoms with Crippen molar-refractivity contribution in [3.05, 3.63) is 0 Å². The molecule has 1 rings (SSSR count). The van der Waals surface area contributed by atoms with E-state index in [1.807, 2.05) is 16.3 Å². The third-order valence-electron chi connectivity index (χ3n) is 3.38. The van der Waals surface area contributed by atoms with Crippen molar-refractivity contribution in [2.24, 2.45) is 5.10 Å². The van der Waals surface area contributed by atoms with Gasteiger partial charge in [-0.2, -0.15) is 5.10 Å². The maximum Gasteiger partial charge on any atom is 0.159 e. The van der Waals surface area contributed by atoms with Gasteiger partial charge in [0.1, 0.15) is 0 Å². The molecule has 20 heavy (non-hydrogen) atoms. The topological polar surface area (TPSA) is 24.4 Å². The molecule has 0 saturated heterocycles. The maximum absolute atomic E-state index is 5.24. The minimum Gasteiger partial charge on any atom is -0.261 e. The molecular weight excluding hydrogens is 324 g/mol. The molecule has 0 spiro atoms. The third-order valence-corrected chi connectivity index (χ3v) is 10.9. The fourth-order valence-corrected chi connectivity index (χ4v) is 6.75. The number of hydrazone groups is 1. The molecule has 2 nitrogen and oxygen atoms in total. The first-order valence-electron chi connectivity index (χ1n) is 7.72. The Labute approximate surface area is 139 Å². The van der Waals surface area contributed by atoms with Gasteiger partial charge in [-0.25, -0.2) is 0 Å². The van der Waals surface area contributed by atoms with Gasteiger partial charge in [0.15, 0.2) is 4.32 Å². The van der Waals surface area contributed by atoms with Crippen LogP contribution < -0.4 is 5.43 Å². The van der Waals surface area contributed by atoms with Crippen molar-refractivity contribution >= 4 is 52.6 Å². The number of rotatable bonds is 12. The molecule has 0 aromatic carbocycles. The van der Waals surface area contributed by atoms with Crippen molar-refractivity contribution in [1.29, 1.82) is 0 Å². The second-order valence-electron chi connectivity index (χ2n) is 5.21. The second-order valence-corrected chi connectivity index (χ2v) is 13.0. The summed E-state index contributed by atoms with van der Waals surface area (Å²) in [7, 11) is 0.613. The Bertz CT molecular complexity index is 310. The highest BCUT2D eigenvalue weighted by atomic mass is 33.5. The molecular formula is C14H28N2S4. The number of unbranched alkanes of at least 4 members (excludes halogenated alkanes) is 9. The summed E-state index contributed by atoms with van der Waals surface area (Å²) in [6, 6.07) is 0. The SMILES string of the molecule is CCCCCCCCCCCCSS1(S)C=NNC1=S. The normalized spacial score (nSPS) is 24.6. The zero-order valence-corrected chi connectivity index (χ0v) is 15.8. The van der Waals surface area contributed by atoms with Crippen molar-refractivity contribution in [1.82, 2.24) is 5.43 Å². The van der Waals surface area contributed by atoms with E-state index in [0.717, 1.165) is 10.1 Å². The minimum atomic E-state index is -1.25. The molecule has 1 heterocycles. The van der Waals surface area contributed by atoms with Crippen LogP contribution in [0, 0.1) is 0 Å². The Morgan fingerprint density at radius 2 is 1.65 bits per heavy atom. The van der Waals surface area contributed by atoms with E-state index in [4.69, 9.17) is 12.2 Å². The Balaban J connectivity index is 1.86. The zero-order valence-electron chi connectivity index (χ0n) is 12.5. The lowest BCUT2D eigenvalue weighted by Crippen LogP contribution is -2.09. The first kappa shape index (κ1) is 18.7. The van der Waals surface area contributed by atoms with Crippen LogP contribution in [0.4, 0.5) is 0 Å². The second kappa shape index (κ2) is 11.2. The molecule has 0 bridgehead atoms. The molecule has 1 N–H and O–H groups in total. The van der Waals surface area contributed by atoms with Crippen LogP contribution in [0.25, 0.3) is 0 Å². The maximum atomic E-state index is 5.24. The largest absolute Gasteiger partial charge is 0.261 e. The van der Waals surface area contributed by atoms with Crippen LogP contribution >= 0.6 is 42.8 Å². The number of hydrogen-bond acceptors (Lipinski definition) is 4. The Kier molecular flexibility index (Phi) is 10.5. The molecule has 6 heteroatoms. The van der Waals surface area contributed by atoms with Gasteiger partial charge in [0, 0.05) is 5.75 Å². The smallest absolute Gasteiger partial charge is 0.159 e. The van der Waals surface area contributed by atoms with E-state index >= 15 is 0 Å². The number of thiocarbonyl (C=S) groups is 1. The van der Waals surface area contributed by atoms with Gasteiger partial charge >= 0.3 is 0 Å². The van der Waals surface area contributed by atoms with Gasteiger partial charge in [-0.15, -0.1) is 11.7 Å². The molecule has 0 aliphatic carbocycles. The van der Waals surface area contributed by atoms with Crippen molar-refractivity contribution in [3.8, 4) is 0 Å². The van der Waals surface area contributed by atoms with Crippen molar-refractivity contribution in [2.75, 3.05) is 5.75 Å². The summed E-state index contributed by atoms with van der Waals surface area (Å²) in [5.74, 6) is 1.14. The van der Waals surface area contributed by atoms with Gasteiger partial charge in [0.2, 0.25) is 0 Å². The predicted octanol–water partition coefficient (Wildman–Crippen LogP) is 6.04. The molecule has 1 aliphatic rings. The van der Waals surface area contributed by atoms with E-state index in [-0.39, 0.29) is 0 Å². The Morgan fingerprint density at radius 1 is 1.10 bits per heavy atom. The summed E-state index contributed by atoms with van der Waals surface area (Å²) in [5, 5.41) is 4.01. The van der Waals surface area contributed by atoms with Crippen LogP contribution in [0.5, 0.6) is 0 Å². The number of thiol groups is 1. The van der Waals surface area contributed by atoms with E-state index in [1.165, 1.54) is 64.2 Å². The van der Waals surface area contributed by atoms with Crippen molar-refractivity contribution in [3.63, 3.8) is 0 Å². The van der Waals surface area contributed by atoms with Crippen LogP contribution in [0.1, 0.15) is 71.1 Å². The first-order chi connectivity index (χ1) is 9.69. The van der Waals surface area contributed by atoms with E-state index in [0.29, 0.717) is 0 Å². The Hall–Kier alpha value is 0.610.